The molecule has 4 heteroatoms. The first kappa shape index (κ1) is 14.7. The second kappa shape index (κ2) is 10.2. The molecule has 0 aromatic rings. The maximum Gasteiger partial charge on any atom is 0.305 e. The summed E-state index contributed by atoms with van der Waals surface area (Å²) in [4.78, 5) is 21.5. The van der Waals surface area contributed by atoms with Crippen LogP contribution in [0.25, 0.3) is 0 Å². The average Bonchev–Trinajstić information content (AvgIpc) is 2.31. The van der Waals surface area contributed by atoms with Crippen LogP contribution in [0.1, 0.15) is 38.5 Å². The molecule has 0 bridgehead atoms. The normalized spacial score (nSPS) is 10.4. The summed E-state index contributed by atoms with van der Waals surface area (Å²) in [7, 11) is 2.79. The van der Waals surface area contributed by atoms with Crippen LogP contribution >= 0.6 is 0 Å². The highest BCUT2D eigenvalue weighted by atomic mass is 16.5. The minimum atomic E-state index is -0.185. The predicted molar refractivity (Wildman–Crippen MR) is 60.9 cm³/mol. The van der Waals surface area contributed by atoms with Gasteiger partial charge in [-0.05, 0) is 25.7 Å². The van der Waals surface area contributed by atoms with Crippen LogP contribution in [-0.4, -0.2) is 26.2 Å². The van der Waals surface area contributed by atoms with Gasteiger partial charge in [0.25, 0.3) is 0 Å². The maximum absolute atomic E-state index is 10.8. The second-order valence-corrected chi connectivity index (χ2v) is 3.41. The van der Waals surface area contributed by atoms with Gasteiger partial charge in [-0.25, -0.2) is 0 Å². The molecule has 0 unspecified atom stereocenters. The van der Waals surface area contributed by atoms with Crippen molar-refractivity contribution in [2.75, 3.05) is 14.2 Å². The Balaban J connectivity index is 3.28. The Kier molecular flexibility index (Phi) is 9.36. The van der Waals surface area contributed by atoms with Crippen LogP contribution in [0, 0.1) is 0 Å². The van der Waals surface area contributed by atoms with Gasteiger partial charge in [0.15, 0.2) is 0 Å². The predicted octanol–water partition coefficient (Wildman–Crippen LogP) is 2.23. The molecule has 0 saturated heterocycles. The fraction of sp³-hybridized carbons (Fsp3) is 0.667. The Morgan fingerprint density at radius 3 is 2.06 bits per heavy atom. The average molecular weight is 228 g/mol. The third-order valence-electron chi connectivity index (χ3n) is 2.14. The van der Waals surface area contributed by atoms with Gasteiger partial charge in [0.2, 0.25) is 0 Å². The van der Waals surface area contributed by atoms with Gasteiger partial charge in [-0.1, -0.05) is 12.2 Å². The number of carbonyl (C=O) groups is 2. The van der Waals surface area contributed by atoms with E-state index in [1.54, 1.807) is 0 Å². The largest absolute Gasteiger partial charge is 0.469 e. The molecule has 4 nitrogen and oxygen atoms in total. The number of methoxy groups -OCH3 is 2. The first-order valence-corrected chi connectivity index (χ1v) is 5.49. The zero-order valence-corrected chi connectivity index (χ0v) is 10.0. The number of esters is 2. The summed E-state index contributed by atoms with van der Waals surface area (Å²) in [6.07, 6.45) is 8.34. The van der Waals surface area contributed by atoms with Gasteiger partial charge in [0.05, 0.1) is 14.2 Å². The van der Waals surface area contributed by atoms with Gasteiger partial charge >= 0.3 is 11.9 Å². The Labute approximate surface area is 96.6 Å². The van der Waals surface area contributed by atoms with Gasteiger partial charge in [-0.3, -0.25) is 9.59 Å². The van der Waals surface area contributed by atoms with Crippen molar-refractivity contribution in [3.63, 3.8) is 0 Å². The monoisotopic (exact) mass is 228 g/mol. The molecule has 0 aliphatic rings. The fourth-order valence-electron chi connectivity index (χ4n) is 1.17. The van der Waals surface area contributed by atoms with E-state index in [0.717, 1.165) is 19.3 Å². The van der Waals surface area contributed by atoms with Gasteiger partial charge in [-0.2, -0.15) is 0 Å². The van der Waals surface area contributed by atoms with Crippen molar-refractivity contribution >= 4 is 11.9 Å². The van der Waals surface area contributed by atoms with Crippen molar-refractivity contribution in [2.45, 2.75) is 38.5 Å². The summed E-state index contributed by atoms with van der Waals surface area (Å²) in [6.45, 7) is 0. The van der Waals surface area contributed by atoms with E-state index in [4.69, 9.17) is 0 Å². The molecule has 0 aliphatic carbocycles. The number of carbonyl (C=O) groups excluding carboxylic acids is 2. The van der Waals surface area contributed by atoms with Gasteiger partial charge in [0.1, 0.15) is 0 Å². The van der Waals surface area contributed by atoms with Gasteiger partial charge in [-0.15, -0.1) is 0 Å². The molecular formula is C12H20O4. The zero-order valence-electron chi connectivity index (χ0n) is 10.0. The maximum atomic E-state index is 10.8. The molecule has 0 amide bonds. The highest BCUT2D eigenvalue weighted by Crippen LogP contribution is 2.03. The van der Waals surface area contributed by atoms with E-state index >= 15 is 0 Å². The van der Waals surface area contributed by atoms with Gasteiger partial charge < -0.3 is 9.47 Å². The van der Waals surface area contributed by atoms with Crippen LogP contribution in [-0.2, 0) is 19.1 Å². The minimum Gasteiger partial charge on any atom is -0.469 e. The van der Waals surface area contributed by atoms with E-state index in [0.29, 0.717) is 19.3 Å². The Hall–Kier alpha value is -1.32. The molecule has 0 N–H and O–H groups in total. The van der Waals surface area contributed by atoms with Crippen LogP contribution in [0.2, 0.25) is 0 Å². The lowest BCUT2D eigenvalue weighted by atomic mass is 10.2. The summed E-state index contributed by atoms with van der Waals surface area (Å²) in [5, 5.41) is 0. The standard InChI is InChI=1S/C12H20O4/c1-15-11(13)9-7-5-3-4-6-8-10-12(14)16-2/h3,5H,4,6-10H2,1-2H3/b5-3+. The van der Waals surface area contributed by atoms with Crippen molar-refractivity contribution < 1.29 is 19.1 Å². The fourth-order valence-corrected chi connectivity index (χ4v) is 1.17. The van der Waals surface area contributed by atoms with Crippen molar-refractivity contribution in [2.24, 2.45) is 0 Å². The Morgan fingerprint density at radius 1 is 0.875 bits per heavy atom. The van der Waals surface area contributed by atoms with E-state index < -0.39 is 0 Å². The number of unbranched alkanes of at least 4 members (excludes halogenated alkanes) is 2. The molecular weight excluding hydrogens is 208 g/mol. The molecule has 0 fully saturated rings. The molecule has 0 aromatic carbocycles. The van der Waals surface area contributed by atoms with Crippen LogP contribution in [0.3, 0.4) is 0 Å². The SMILES string of the molecule is COC(=O)CC/C=C/CCCCC(=O)OC. The quantitative estimate of drug-likeness (QED) is 0.363. The molecule has 0 radical (unpaired) electrons. The first-order valence-electron chi connectivity index (χ1n) is 5.49. The van der Waals surface area contributed by atoms with E-state index in [-0.39, 0.29) is 11.9 Å². The van der Waals surface area contributed by atoms with Crippen LogP contribution < -0.4 is 0 Å². The molecule has 0 heterocycles. The van der Waals surface area contributed by atoms with Gasteiger partial charge in [0, 0.05) is 12.8 Å². The number of allylic oxidation sites excluding steroid dienone is 2. The molecule has 92 valence electrons. The minimum absolute atomic E-state index is 0.158. The van der Waals surface area contributed by atoms with Crippen molar-refractivity contribution in [3.05, 3.63) is 12.2 Å². The molecule has 0 spiro atoms. The molecule has 0 rings (SSSR count). The molecule has 0 saturated carbocycles. The lowest BCUT2D eigenvalue weighted by Crippen LogP contribution is -1.99. The molecule has 0 aliphatic heterocycles. The third kappa shape index (κ3) is 9.24. The lowest BCUT2D eigenvalue weighted by molar-refractivity contribution is -0.141. The number of hydrogen-bond acceptors (Lipinski definition) is 4. The summed E-state index contributed by atoms with van der Waals surface area (Å²) >= 11 is 0. The summed E-state index contributed by atoms with van der Waals surface area (Å²) in [5.41, 5.74) is 0. The van der Waals surface area contributed by atoms with Crippen molar-refractivity contribution in [1.29, 1.82) is 0 Å². The van der Waals surface area contributed by atoms with E-state index in [1.165, 1.54) is 14.2 Å². The van der Waals surface area contributed by atoms with Crippen LogP contribution in [0.15, 0.2) is 12.2 Å². The Bertz CT molecular complexity index is 233. The summed E-state index contributed by atoms with van der Waals surface area (Å²) in [6, 6.07) is 0. The Morgan fingerprint density at radius 2 is 1.44 bits per heavy atom. The number of ether oxygens (including phenoxy) is 2. The topological polar surface area (TPSA) is 52.6 Å². The highest BCUT2D eigenvalue weighted by molar-refractivity contribution is 5.69. The van der Waals surface area contributed by atoms with E-state index in [9.17, 15) is 9.59 Å². The third-order valence-corrected chi connectivity index (χ3v) is 2.14. The van der Waals surface area contributed by atoms with Crippen LogP contribution in [0.4, 0.5) is 0 Å². The summed E-state index contributed by atoms with van der Waals surface area (Å²) < 4.78 is 9.04. The highest BCUT2D eigenvalue weighted by Gasteiger charge is 1.98. The van der Waals surface area contributed by atoms with E-state index in [2.05, 4.69) is 9.47 Å². The van der Waals surface area contributed by atoms with Crippen molar-refractivity contribution in [1.82, 2.24) is 0 Å². The smallest absolute Gasteiger partial charge is 0.305 e. The summed E-state index contributed by atoms with van der Waals surface area (Å²) in [5.74, 6) is -0.343. The van der Waals surface area contributed by atoms with E-state index in [1.807, 2.05) is 12.2 Å². The lowest BCUT2D eigenvalue weighted by Gasteiger charge is -1.97. The number of hydrogen-bond donors (Lipinski definition) is 0. The van der Waals surface area contributed by atoms with Crippen LogP contribution in [0.5, 0.6) is 0 Å². The molecule has 0 atom stereocenters. The molecule has 16 heavy (non-hydrogen) atoms. The first-order chi connectivity index (χ1) is 7.70. The van der Waals surface area contributed by atoms with Crippen molar-refractivity contribution in [3.8, 4) is 0 Å². The molecule has 0 aromatic heterocycles. The number of rotatable bonds is 8. The second-order valence-electron chi connectivity index (χ2n) is 3.41. The zero-order chi connectivity index (χ0) is 12.2.